The lowest BCUT2D eigenvalue weighted by Crippen LogP contribution is -2.44. The van der Waals surface area contributed by atoms with Crippen LogP contribution in [0.25, 0.3) is 27.6 Å². The Balaban J connectivity index is 1.59. The van der Waals surface area contributed by atoms with Crippen molar-refractivity contribution in [3.8, 4) is 11.4 Å². The van der Waals surface area contributed by atoms with E-state index in [1.54, 1.807) is 17.7 Å². The number of likely N-dealkylation sites (tertiary alicyclic amines) is 1. The lowest BCUT2D eigenvalue weighted by molar-refractivity contribution is -0.132. The molecule has 8 heteroatoms. The molecule has 1 saturated heterocycles. The number of aromatic nitrogens is 3. The number of ether oxygens (including phenoxy) is 1. The summed E-state index contributed by atoms with van der Waals surface area (Å²) in [6.45, 7) is 2.94. The molecule has 34 heavy (non-hydrogen) atoms. The highest BCUT2D eigenvalue weighted by Gasteiger charge is 2.26. The first-order valence-corrected chi connectivity index (χ1v) is 12.7. The summed E-state index contributed by atoms with van der Waals surface area (Å²) >= 11 is 1.32. The van der Waals surface area contributed by atoms with Crippen LogP contribution in [0.1, 0.15) is 32.6 Å². The minimum Gasteiger partial charge on any atom is -0.497 e. The Morgan fingerprint density at radius 1 is 1.21 bits per heavy atom. The highest BCUT2D eigenvalue weighted by Crippen LogP contribution is 2.28. The average Bonchev–Trinajstić information content (AvgIpc) is 3.26. The van der Waals surface area contributed by atoms with Crippen LogP contribution in [0, 0.1) is 0 Å². The maximum atomic E-state index is 13.7. The lowest BCUT2D eigenvalue weighted by Gasteiger charge is -2.35. The molecule has 1 N–H and O–H groups in total. The fourth-order valence-electron chi connectivity index (χ4n) is 4.78. The fourth-order valence-corrected chi connectivity index (χ4v) is 5.67. The molecule has 0 unspecified atom stereocenters. The molecule has 2 aromatic carbocycles. The van der Waals surface area contributed by atoms with Crippen molar-refractivity contribution in [1.82, 2.24) is 19.4 Å². The smallest absolute Gasteiger partial charge is 0.283 e. The van der Waals surface area contributed by atoms with Gasteiger partial charge in [0.1, 0.15) is 16.8 Å². The standard InChI is InChI=1S/C26H28N4O3S/c1-3-17-9-6-7-14-29(17)22(31)16-34-26-28-23-20-12-4-5-13-21(20)27-24(23)25(32)30(26)18-10-8-11-19(15-18)33-2/h4-5,8,10-13,15,17,27H,3,6-7,9,14,16H2,1-2H3/t17-/m1/s1. The molecule has 5 rings (SSSR count). The van der Waals surface area contributed by atoms with Gasteiger partial charge < -0.3 is 14.6 Å². The van der Waals surface area contributed by atoms with Gasteiger partial charge in [-0.1, -0.05) is 43.0 Å². The zero-order chi connectivity index (χ0) is 23.7. The molecule has 1 aliphatic rings. The van der Waals surface area contributed by atoms with E-state index < -0.39 is 0 Å². The predicted molar refractivity (Wildman–Crippen MR) is 136 cm³/mol. The van der Waals surface area contributed by atoms with Crippen LogP contribution in [0.15, 0.2) is 58.5 Å². The lowest BCUT2D eigenvalue weighted by atomic mass is 10.0. The van der Waals surface area contributed by atoms with Gasteiger partial charge in [-0.05, 0) is 43.9 Å². The summed E-state index contributed by atoms with van der Waals surface area (Å²) in [6, 6.07) is 15.4. The number of piperidine rings is 1. The second kappa shape index (κ2) is 9.54. The third-order valence-corrected chi connectivity index (χ3v) is 7.47. The van der Waals surface area contributed by atoms with Crippen LogP contribution in [0.3, 0.4) is 0 Å². The summed E-state index contributed by atoms with van der Waals surface area (Å²) < 4.78 is 6.96. The summed E-state index contributed by atoms with van der Waals surface area (Å²) in [5, 5.41) is 1.39. The second-order valence-electron chi connectivity index (χ2n) is 8.56. The largest absolute Gasteiger partial charge is 0.497 e. The number of para-hydroxylation sites is 1. The molecular weight excluding hydrogens is 448 g/mol. The minimum atomic E-state index is -0.200. The van der Waals surface area contributed by atoms with Crippen LogP contribution >= 0.6 is 11.8 Å². The van der Waals surface area contributed by atoms with Gasteiger partial charge in [0.05, 0.1) is 18.6 Å². The van der Waals surface area contributed by atoms with Crippen molar-refractivity contribution >= 4 is 39.6 Å². The molecule has 2 aromatic heterocycles. The average molecular weight is 477 g/mol. The zero-order valence-corrected chi connectivity index (χ0v) is 20.2. The molecule has 0 aliphatic carbocycles. The number of fused-ring (bicyclic) bond motifs is 3. The second-order valence-corrected chi connectivity index (χ2v) is 9.51. The Kier molecular flexibility index (Phi) is 6.32. The number of methoxy groups -OCH3 is 1. The summed E-state index contributed by atoms with van der Waals surface area (Å²) in [5.74, 6) is 0.982. The quantitative estimate of drug-likeness (QED) is 0.321. The molecule has 0 bridgehead atoms. The fraction of sp³-hybridized carbons (Fsp3) is 0.346. The van der Waals surface area contributed by atoms with E-state index in [0.29, 0.717) is 33.7 Å². The summed E-state index contributed by atoms with van der Waals surface area (Å²) in [4.78, 5) is 37.0. The van der Waals surface area contributed by atoms with Gasteiger partial charge in [0, 0.05) is 29.6 Å². The number of rotatable bonds is 6. The topological polar surface area (TPSA) is 80.2 Å². The first-order chi connectivity index (χ1) is 16.6. The van der Waals surface area contributed by atoms with Gasteiger partial charge in [0.2, 0.25) is 5.91 Å². The van der Waals surface area contributed by atoms with E-state index in [9.17, 15) is 9.59 Å². The number of carbonyl (C=O) groups excluding carboxylic acids is 1. The van der Waals surface area contributed by atoms with Crippen molar-refractivity contribution in [1.29, 1.82) is 0 Å². The Morgan fingerprint density at radius 3 is 2.88 bits per heavy atom. The summed E-state index contributed by atoms with van der Waals surface area (Å²) in [7, 11) is 1.60. The van der Waals surface area contributed by atoms with E-state index in [0.717, 1.165) is 36.7 Å². The molecule has 7 nitrogen and oxygen atoms in total. The maximum Gasteiger partial charge on any atom is 0.283 e. The Morgan fingerprint density at radius 2 is 2.06 bits per heavy atom. The number of aromatic amines is 1. The monoisotopic (exact) mass is 476 g/mol. The molecule has 1 fully saturated rings. The van der Waals surface area contributed by atoms with Gasteiger partial charge in [-0.25, -0.2) is 4.98 Å². The van der Waals surface area contributed by atoms with Crippen molar-refractivity contribution in [3.05, 3.63) is 58.9 Å². The number of hydrogen-bond acceptors (Lipinski definition) is 5. The molecule has 1 atom stereocenters. The van der Waals surface area contributed by atoms with Gasteiger partial charge in [-0.15, -0.1) is 0 Å². The van der Waals surface area contributed by atoms with Crippen LogP contribution < -0.4 is 10.3 Å². The normalized spacial score (nSPS) is 16.3. The minimum absolute atomic E-state index is 0.0991. The molecule has 0 radical (unpaired) electrons. The van der Waals surface area contributed by atoms with Crippen molar-refractivity contribution in [2.45, 2.75) is 43.8 Å². The Labute approximate surface area is 202 Å². The number of carbonyl (C=O) groups is 1. The first kappa shape index (κ1) is 22.5. The van der Waals surface area contributed by atoms with E-state index in [-0.39, 0.29) is 17.2 Å². The summed E-state index contributed by atoms with van der Waals surface area (Å²) in [5.41, 5.74) is 2.38. The van der Waals surface area contributed by atoms with Crippen LogP contribution in [0.5, 0.6) is 5.75 Å². The molecule has 1 aliphatic heterocycles. The van der Waals surface area contributed by atoms with E-state index in [2.05, 4.69) is 11.9 Å². The molecular formula is C26H28N4O3S. The van der Waals surface area contributed by atoms with Crippen molar-refractivity contribution in [2.75, 3.05) is 19.4 Å². The van der Waals surface area contributed by atoms with E-state index in [1.165, 1.54) is 18.2 Å². The Bertz CT molecular complexity index is 1410. The van der Waals surface area contributed by atoms with Crippen molar-refractivity contribution in [3.63, 3.8) is 0 Å². The number of H-pyrrole nitrogens is 1. The number of nitrogens with one attached hydrogen (secondary N) is 1. The maximum absolute atomic E-state index is 13.7. The van der Waals surface area contributed by atoms with Crippen LogP contribution in [-0.4, -0.2) is 50.8 Å². The number of nitrogens with zero attached hydrogens (tertiary/aromatic N) is 3. The van der Waals surface area contributed by atoms with Gasteiger partial charge in [-0.3, -0.25) is 14.2 Å². The number of benzene rings is 2. The van der Waals surface area contributed by atoms with Crippen LogP contribution in [0.4, 0.5) is 0 Å². The highest BCUT2D eigenvalue weighted by atomic mass is 32.2. The van der Waals surface area contributed by atoms with Gasteiger partial charge in [0.15, 0.2) is 5.16 Å². The van der Waals surface area contributed by atoms with Crippen molar-refractivity contribution < 1.29 is 9.53 Å². The number of amides is 1. The first-order valence-electron chi connectivity index (χ1n) is 11.7. The zero-order valence-electron chi connectivity index (χ0n) is 19.4. The molecule has 0 spiro atoms. The van der Waals surface area contributed by atoms with Crippen LogP contribution in [0.2, 0.25) is 0 Å². The highest BCUT2D eigenvalue weighted by molar-refractivity contribution is 7.99. The molecule has 3 heterocycles. The number of hydrogen-bond donors (Lipinski definition) is 1. The molecule has 0 saturated carbocycles. The molecule has 4 aromatic rings. The summed E-state index contributed by atoms with van der Waals surface area (Å²) in [6.07, 6.45) is 4.23. The molecule has 176 valence electrons. The van der Waals surface area contributed by atoms with E-state index in [1.807, 2.05) is 47.4 Å². The van der Waals surface area contributed by atoms with Gasteiger partial charge in [0.25, 0.3) is 5.56 Å². The van der Waals surface area contributed by atoms with Gasteiger partial charge >= 0.3 is 0 Å². The van der Waals surface area contributed by atoms with Crippen molar-refractivity contribution in [2.24, 2.45) is 0 Å². The molecule has 1 amide bonds. The number of thioether (sulfide) groups is 1. The van der Waals surface area contributed by atoms with E-state index in [4.69, 9.17) is 9.72 Å². The van der Waals surface area contributed by atoms with E-state index >= 15 is 0 Å². The van der Waals surface area contributed by atoms with Crippen LogP contribution in [-0.2, 0) is 4.79 Å². The SMILES string of the molecule is CC[C@@H]1CCCCN1C(=O)CSc1nc2c([nH]c3ccccc32)c(=O)n1-c1cccc(OC)c1. The van der Waals surface area contributed by atoms with Gasteiger partial charge in [-0.2, -0.15) is 0 Å². The third-order valence-electron chi connectivity index (χ3n) is 6.55. The predicted octanol–water partition coefficient (Wildman–Crippen LogP) is 4.76. The third kappa shape index (κ3) is 4.07. The Hall–Kier alpha value is -3.26.